The van der Waals surface area contributed by atoms with Crippen molar-refractivity contribution in [3.8, 4) is 5.75 Å². The third-order valence-corrected chi connectivity index (χ3v) is 9.44. The monoisotopic (exact) mass is 723 g/mol. The number of carbonyl (C=O) groups is 2. The number of nitrogens with one attached hydrogen (secondary N) is 1. The molecule has 4 aromatic carbocycles. The molecule has 0 aliphatic heterocycles. The second-order valence-corrected chi connectivity index (χ2v) is 13.7. The predicted molar refractivity (Wildman–Crippen MR) is 206 cm³/mol. The van der Waals surface area contributed by atoms with Crippen molar-refractivity contribution < 1.29 is 24.2 Å². The SMILES string of the molecule is CCCCc1nc2ccc(NC(=O)OC(Cc3ccccc3)C(C)C)cc2c(=O)n1Cc1ccc(OCc2cccc(C(=O)O)c2Cl)c(CCC)c1. The number of aromatic carboxylic acids is 1. The largest absolute Gasteiger partial charge is 0.489 e. The Morgan fingerprint density at radius 1 is 0.904 bits per heavy atom. The molecule has 52 heavy (non-hydrogen) atoms. The summed E-state index contributed by atoms with van der Waals surface area (Å²) in [5.41, 5.74) is 4.41. The number of benzene rings is 4. The number of unbranched alkanes of at least 4 members (excludes halogenated alkanes) is 1. The third kappa shape index (κ3) is 9.59. The molecule has 0 saturated heterocycles. The Hall–Kier alpha value is -5.15. The van der Waals surface area contributed by atoms with Crippen LogP contribution in [0.2, 0.25) is 5.02 Å². The highest BCUT2D eigenvalue weighted by Gasteiger charge is 2.20. The van der Waals surface area contributed by atoms with Gasteiger partial charge in [-0.25, -0.2) is 14.6 Å². The first kappa shape index (κ1) is 38.1. The van der Waals surface area contributed by atoms with E-state index in [0.29, 0.717) is 53.1 Å². The van der Waals surface area contributed by atoms with Crippen LogP contribution in [-0.2, 0) is 37.2 Å². The van der Waals surface area contributed by atoms with Gasteiger partial charge in [-0.15, -0.1) is 0 Å². The molecule has 5 aromatic rings. The highest BCUT2D eigenvalue weighted by molar-refractivity contribution is 6.34. The molecule has 0 spiro atoms. The number of nitrogens with zero attached hydrogens (tertiary/aromatic N) is 2. The maximum atomic E-state index is 14.2. The Bertz CT molecular complexity index is 2080. The quantitative estimate of drug-likeness (QED) is 0.104. The van der Waals surface area contributed by atoms with Crippen LogP contribution in [-0.4, -0.2) is 32.8 Å². The molecule has 1 heterocycles. The van der Waals surface area contributed by atoms with Crippen LogP contribution in [0.5, 0.6) is 5.75 Å². The van der Waals surface area contributed by atoms with Crippen molar-refractivity contribution in [2.45, 2.75) is 85.5 Å². The average Bonchev–Trinajstić information content (AvgIpc) is 3.12. The summed E-state index contributed by atoms with van der Waals surface area (Å²) in [6.07, 6.45) is 3.79. The van der Waals surface area contributed by atoms with Crippen LogP contribution in [0.15, 0.2) is 89.7 Å². The third-order valence-electron chi connectivity index (χ3n) is 8.99. The highest BCUT2D eigenvalue weighted by Crippen LogP contribution is 2.27. The fourth-order valence-corrected chi connectivity index (χ4v) is 6.37. The minimum absolute atomic E-state index is 0.0293. The number of fused-ring (bicyclic) bond motifs is 1. The van der Waals surface area contributed by atoms with Crippen LogP contribution in [0.4, 0.5) is 10.5 Å². The van der Waals surface area contributed by atoms with Gasteiger partial charge in [0, 0.05) is 24.1 Å². The number of carbonyl (C=O) groups excluding carboxylic acids is 1. The van der Waals surface area contributed by atoms with E-state index in [1.807, 2.05) is 62.4 Å². The number of aromatic nitrogens is 2. The number of hydrogen-bond acceptors (Lipinski definition) is 6. The number of hydrogen-bond donors (Lipinski definition) is 2. The molecule has 10 heteroatoms. The maximum absolute atomic E-state index is 14.2. The van der Waals surface area contributed by atoms with Gasteiger partial charge in [0.25, 0.3) is 5.56 Å². The molecule has 1 atom stereocenters. The second-order valence-electron chi connectivity index (χ2n) is 13.3. The molecular weight excluding hydrogens is 678 g/mol. The van der Waals surface area contributed by atoms with E-state index < -0.39 is 12.1 Å². The number of carboxylic acid groups (broad SMARTS) is 1. The van der Waals surface area contributed by atoms with E-state index in [4.69, 9.17) is 26.1 Å². The molecule has 9 nitrogen and oxygen atoms in total. The number of amides is 1. The lowest BCUT2D eigenvalue weighted by atomic mass is 9.99. The van der Waals surface area contributed by atoms with Gasteiger partial charge in [0.2, 0.25) is 0 Å². The minimum Gasteiger partial charge on any atom is -0.489 e. The maximum Gasteiger partial charge on any atom is 0.411 e. The van der Waals surface area contributed by atoms with E-state index in [0.717, 1.165) is 42.4 Å². The van der Waals surface area contributed by atoms with E-state index >= 15 is 0 Å². The van der Waals surface area contributed by atoms with Gasteiger partial charge < -0.3 is 14.6 Å². The molecule has 0 saturated carbocycles. The van der Waals surface area contributed by atoms with Crippen molar-refractivity contribution in [1.29, 1.82) is 0 Å². The van der Waals surface area contributed by atoms with Gasteiger partial charge in [-0.3, -0.25) is 14.7 Å². The van der Waals surface area contributed by atoms with Crippen LogP contribution in [0, 0.1) is 5.92 Å². The second kappa shape index (κ2) is 17.9. The normalized spacial score (nSPS) is 11.8. The van der Waals surface area contributed by atoms with E-state index in [1.165, 1.54) is 6.07 Å². The lowest BCUT2D eigenvalue weighted by Gasteiger charge is -2.22. The smallest absolute Gasteiger partial charge is 0.411 e. The zero-order valence-electron chi connectivity index (χ0n) is 30.2. The summed E-state index contributed by atoms with van der Waals surface area (Å²) in [7, 11) is 0. The number of rotatable bonds is 16. The molecule has 272 valence electrons. The molecule has 0 aliphatic carbocycles. The molecule has 1 amide bonds. The van der Waals surface area contributed by atoms with Crippen LogP contribution in [0.1, 0.15) is 85.4 Å². The van der Waals surface area contributed by atoms with E-state index in [-0.39, 0.29) is 34.8 Å². The Labute approximate surface area is 309 Å². The Morgan fingerprint density at radius 3 is 2.40 bits per heavy atom. The zero-order chi connectivity index (χ0) is 37.2. The number of aryl methyl sites for hydroxylation is 2. The molecule has 0 bridgehead atoms. The summed E-state index contributed by atoms with van der Waals surface area (Å²) in [5, 5.41) is 12.8. The van der Waals surface area contributed by atoms with E-state index in [9.17, 15) is 19.5 Å². The Morgan fingerprint density at radius 2 is 1.69 bits per heavy atom. The minimum atomic E-state index is -1.09. The van der Waals surface area contributed by atoms with Crippen LogP contribution in [0.3, 0.4) is 0 Å². The first-order valence-electron chi connectivity index (χ1n) is 17.9. The highest BCUT2D eigenvalue weighted by atomic mass is 35.5. The summed E-state index contributed by atoms with van der Waals surface area (Å²) in [6.45, 7) is 8.64. The summed E-state index contributed by atoms with van der Waals surface area (Å²) < 4.78 is 13.7. The van der Waals surface area contributed by atoms with Crippen molar-refractivity contribution in [2.75, 3.05) is 5.32 Å². The standard InChI is InChI=1S/C42H46ClN3O6/c1-5-7-17-38-45-35-20-19-32(44-42(50)52-37(27(3)4)23-28-13-9-8-10-14-28)24-34(35)40(47)46(38)25-29-18-21-36(30(22-29)12-6-2)51-26-31-15-11-16-33(39(31)43)41(48)49/h8-11,13-16,18-22,24,27,37H,5-7,12,17,23,25-26H2,1-4H3,(H,44,50)(H,48,49). The lowest BCUT2D eigenvalue weighted by Crippen LogP contribution is -2.29. The molecule has 5 rings (SSSR count). The first-order chi connectivity index (χ1) is 25.1. The summed E-state index contributed by atoms with van der Waals surface area (Å²) in [5.74, 6) is 0.381. The molecule has 0 fully saturated rings. The molecule has 1 aromatic heterocycles. The van der Waals surface area contributed by atoms with Crippen LogP contribution in [0.25, 0.3) is 10.9 Å². The van der Waals surface area contributed by atoms with Gasteiger partial charge in [-0.05, 0) is 65.8 Å². The fraction of sp³-hybridized carbons (Fsp3) is 0.333. The predicted octanol–water partition coefficient (Wildman–Crippen LogP) is 9.49. The van der Waals surface area contributed by atoms with Gasteiger partial charge in [0.05, 0.1) is 28.0 Å². The molecular formula is C42H46ClN3O6. The number of carboxylic acids is 1. The summed E-state index contributed by atoms with van der Waals surface area (Å²) in [6, 6.07) is 25.8. The number of ether oxygens (including phenoxy) is 2. The number of anilines is 1. The van der Waals surface area contributed by atoms with E-state index in [2.05, 4.69) is 19.2 Å². The molecule has 0 radical (unpaired) electrons. The Kier molecular flexibility index (Phi) is 13.1. The number of halogens is 1. The van der Waals surface area contributed by atoms with Crippen molar-refractivity contribution in [1.82, 2.24) is 9.55 Å². The van der Waals surface area contributed by atoms with Crippen molar-refractivity contribution in [3.05, 3.63) is 134 Å². The Balaban J connectivity index is 1.39. The van der Waals surface area contributed by atoms with Crippen molar-refractivity contribution in [2.24, 2.45) is 5.92 Å². The molecule has 0 aliphatic rings. The van der Waals surface area contributed by atoms with Crippen molar-refractivity contribution in [3.63, 3.8) is 0 Å². The van der Waals surface area contributed by atoms with Gasteiger partial charge in [-0.1, -0.05) is 107 Å². The first-order valence-corrected chi connectivity index (χ1v) is 18.3. The van der Waals surface area contributed by atoms with Crippen molar-refractivity contribution >= 4 is 40.3 Å². The van der Waals surface area contributed by atoms with Crippen LogP contribution >= 0.6 is 11.6 Å². The average molecular weight is 724 g/mol. The summed E-state index contributed by atoms with van der Waals surface area (Å²) >= 11 is 6.36. The lowest BCUT2D eigenvalue weighted by molar-refractivity contribution is 0.0696. The summed E-state index contributed by atoms with van der Waals surface area (Å²) in [4.78, 5) is 43.7. The van der Waals surface area contributed by atoms with Gasteiger partial charge >= 0.3 is 12.1 Å². The van der Waals surface area contributed by atoms with Crippen LogP contribution < -0.4 is 15.6 Å². The van der Waals surface area contributed by atoms with E-state index in [1.54, 1.807) is 34.9 Å². The molecule has 1 unspecified atom stereocenters. The fourth-order valence-electron chi connectivity index (χ4n) is 6.11. The van der Waals surface area contributed by atoms with Gasteiger partial charge in [0.15, 0.2) is 0 Å². The van der Waals surface area contributed by atoms with Gasteiger partial charge in [-0.2, -0.15) is 0 Å². The zero-order valence-corrected chi connectivity index (χ0v) is 30.9. The molecule has 2 N–H and O–H groups in total. The van der Waals surface area contributed by atoms with Gasteiger partial charge in [0.1, 0.15) is 24.3 Å². The topological polar surface area (TPSA) is 120 Å².